The smallest absolute Gasteiger partial charge is 0.368 e. The predicted molar refractivity (Wildman–Crippen MR) is 113 cm³/mol. The number of carbonyl (C=O) groups excluding carboxylic acids is 2. The fraction of sp³-hybridized carbons (Fsp3) is 0.417. The van der Waals surface area contributed by atoms with E-state index in [1.165, 1.54) is 6.07 Å². The molecule has 1 aliphatic carbocycles. The molecule has 1 saturated carbocycles. The van der Waals surface area contributed by atoms with Crippen LogP contribution < -0.4 is 5.32 Å². The first kappa shape index (κ1) is 22.3. The van der Waals surface area contributed by atoms with E-state index in [0.29, 0.717) is 29.8 Å². The van der Waals surface area contributed by atoms with Crippen molar-refractivity contribution in [3.63, 3.8) is 0 Å². The fourth-order valence-corrected chi connectivity index (χ4v) is 4.03. The van der Waals surface area contributed by atoms with Gasteiger partial charge in [0.1, 0.15) is 6.10 Å². The summed E-state index contributed by atoms with van der Waals surface area (Å²) >= 11 is 0. The average molecular weight is 446 g/mol. The number of carbonyl (C=O) groups is 2. The number of nitrogens with zero attached hydrogens (tertiary/aromatic N) is 1. The highest BCUT2D eigenvalue weighted by Crippen LogP contribution is 2.37. The van der Waals surface area contributed by atoms with Gasteiger partial charge in [-0.05, 0) is 68.5 Å². The molecular weight excluding hydrogens is 421 g/mol. The Morgan fingerprint density at radius 1 is 1.09 bits per heavy atom. The van der Waals surface area contributed by atoms with Crippen molar-refractivity contribution < 1.29 is 27.5 Å². The molecule has 8 heteroatoms. The lowest BCUT2D eigenvalue weighted by molar-refractivity contribution is -0.137. The second-order valence-electron chi connectivity index (χ2n) is 8.31. The summed E-state index contributed by atoms with van der Waals surface area (Å²) in [5.74, 6) is -0.519. The van der Waals surface area contributed by atoms with Crippen molar-refractivity contribution >= 4 is 17.5 Å². The van der Waals surface area contributed by atoms with Crippen LogP contribution in [0, 0.1) is 0 Å². The van der Waals surface area contributed by atoms with Gasteiger partial charge in [0.2, 0.25) is 0 Å². The van der Waals surface area contributed by atoms with Crippen LogP contribution in [0.1, 0.15) is 60.1 Å². The molecule has 2 atom stereocenters. The van der Waals surface area contributed by atoms with Gasteiger partial charge in [-0.15, -0.1) is 0 Å². The summed E-state index contributed by atoms with van der Waals surface area (Å²) in [6.45, 7) is 2.30. The highest BCUT2D eigenvalue weighted by molar-refractivity contribution is 5.98. The number of nitrogens with one attached hydrogen (secondary N) is 1. The minimum atomic E-state index is -4.44. The Kier molecular flexibility index (Phi) is 6.24. The van der Waals surface area contributed by atoms with E-state index in [-0.39, 0.29) is 17.9 Å². The van der Waals surface area contributed by atoms with Crippen molar-refractivity contribution in [2.75, 3.05) is 11.9 Å². The van der Waals surface area contributed by atoms with E-state index in [4.69, 9.17) is 4.74 Å². The Labute approximate surface area is 184 Å². The Morgan fingerprint density at radius 2 is 1.84 bits per heavy atom. The van der Waals surface area contributed by atoms with Crippen molar-refractivity contribution in [1.82, 2.24) is 4.90 Å². The molecule has 1 aliphatic heterocycles. The third-order valence-corrected chi connectivity index (χ3v) is 5.89. The normalized spacial score (nSPS) is 19.4. The van der Waals surface area contributed by atoms with Gasteiger partial charge in [-0.2, -0.15) is 13.2 Å². The topological polar surface area (TPSA) is 58.6 Å². The van der Waals surface area contributed by atoms with Crippen LogP contribution >= 0.6 is 0 Å². The lowest BCUT2D eigenvalue weighted by atomic mass is 10.0. The number of hydrogen-bond donors (Lipinski definition) is 1. The number of anilines is 1. The molecule has 0 spiro atoms. The minimum Gasteiger partial charge on any atom is -0.368 e. The molecule has 0 radical (unpaired) electrons. The molecule has 1 saturated heterocycles. The molecule has 4 rings (SSSR count). The Morgan fingerprint density at radius 3 is 2.50 bits per heavy atom. The molecule has 1 heterocycles. The van der Waals surface area contributed by atoms with E-state index in [1.807, 2.05) is 0 Å². The SMILES string of the molecule is CC(c1cccc(C(F)(F)F)c1)N(C(=O)c1cccc(NC(=O)C2CCCO2)c1)C1CC1. The van der Waals surface area contributed by atoms with Gasteiger partial charge in [0, 0.05) is 23.9 Å². The second kappa shape index (κ2) is 8.94. The van der Waals surface area contributed by atoms with Crippen molar-refractivity contribution in [2.45, 2.75) is 57.0 Å². The summed E-state index contributed by atoms with van der Waals surface area (Å²) in [5.41, 5.74) is 0.562. The lowest BCUT2D eigenvalue weighted by Gasteiger charge is -2.30. The molecule has 2 amide bonds. The van der Waals surface area contributed by atoms with E-state index in [0.717, 1.165) is 31.4 Å². The summed E-state index contributed by atoms with van der Waals surface area (Å²) < 4.78 is 44.9. The first-order valence-corrected chi connectivity index (χ1v) is 10.8. The van der Waals surface area contributed by atoms with Crippen molar-refractivity contribution in [2.24, 2.45) is 0 Å². The maximum Gasteiger partial charge on any atom is 0.416 e. The molecule has 1 N–H and O–H groups in total. The van der Waals surface area contributed by atoms with Crippen LogP contribution in [0.15, 0.2) is 48.5 Å². The van der Waals surface area contributed by atoms with Gasteiger partial charge >= 0.3 is 6.18 Å². The van der Waals surface area contributed by atoms with Gasteiger partial charge in [0.25, 0.3) is 11.8 Å². The standard InChI is InChI=1S/C24H25F3N2O3/c1-15(16-5-2-7-18(13-16)24(25,26)27)29(20-10-11-20)23(31)17-6-3-8-19(14-17)28-22(30)21-9-4-12-32-21/h2-3,5-8,13-15,20-21H,4,9-12H2,1H3,(H,28,30). The molecule has 2 unspecified atom stereocenters. The molecule has 2 aromatic rings. The van der Waals surface area contributed by atoms with E-state index in [1.54, 1.807) is 42.2 Å². The molecule has 2 fully saturated rings. The van der Waals surface area contributed by atoms with Gasteiger partial charge in [-0.25, -0.2) is 0 Å². The van der Waals surface area contributed by atoms with E-state index < -0.39 is 23.9 Å². The summed E-state index contributed by atoms with van der Waals surface area (Å²) in [4.78, 5) is 27.4. The Bertz CT molecular complexity index is 998. The number of alkyl halides is 3. The largest absolute Gasteiger partial charge is 0.416 e. The van der Waals surface area contributed by atoms with Gasteiger partial charge in [-0.1, -0.05) is 18.2 Å². The first-order chi connectivity index (χ1) is 15.2. The monoisotopic (exact) mass is 446 g/mol. The third-order valence-electron chi connectivity index (χ3n) is 5.89. The van der Waals surface area contributed by atoms with Gasteiger partial charge in [0.15, 0.2) is 0 Å². The lowest BCUT2D eigenvalue weighted by Crippen LogP contribution is -2.35. The Hall–Kier alpha value is -2.87. The fourth-order valence-electron chi connectivity index (χ4n) is 4.03. The third kappa shape index (κ3) is 4.96. The molecule has 2 aliphatic rings. The van der Waals surface area contributed by atoms with Gasteiger partial charge < -0.3 is 15.0 Å². The summed E-state index contributed by atoms with van der Waals surface area (Å²) in [5, 5.41) is 2.79. The number of ether oxygens (including phenoxy) is 1. The maximum atomic E-state index is 13.4. The summed E-state index contributed by atoms with van der Waals surface area (Å²) in [6.07, 6.45) is -1.82. The molecule has 2 aromatic carbocycles. The zero-order valence-electron chi connectivity index (χ0n) is 17.7. The Balaban J connectivity index is 1.54. The average Bonchev–Trinajstić information content (AvgIpc) is 3.44. The molecule has 0 aromatic heterocycles. The molecule has 5 nitrogen and oxygen atoms in total. The highest BCUT2D eigenvalue weighted by atomic mass is 19.4. The maximum absolute atomic E-state index is 13.4. The molecule has 32 heavy (non-hydrogen) atoms. The summed E-state index contributed by atoms with van der Waals surface area (Å²) in [7, 11) is 0. The van der Waals surface area contributed by atoms with E-state index in [2.05, 4.69) is 5.32 Å². The predicted octanol–water partition coefficient (Wildman–Crippen LogP) is 5.19. The van der Waals surface area contributed by atoms with Crippen LogP contribution in [0.5, 0.6) is 0 Å². The highest BCUT2D eigenvalue weighted by Gasteiger charge is 2.38. The summed E-state index contributed by atoms with van der Waals surface area (Å²) in [6, 6.07) is 11.2. The van der Waals surface area contributed by atoms with Gasteiger partial charge in [0.05, 0.1) is 11.6 Å². The number of amides is 2. The second-order valence-corrected chi connectivity index (χ2v) is 8.31. The van der Waals surface area contributed by atoms with Gasteiger partial charge in [-0.3, -0.25) is 9.59 Å². The van der Waals surface area contributed by atoms with Crippen LogP contribution in [0.25, 0.3) is 0 Å². The molecule has 170 valence electrons. The zero-order chi connectivity index (χ0) is 22.9. The van der Waals surface area contributed by atoms with E-state index in [9.17, 15) is 22.8 Å². The van der Waals surface area contributed by atoms with Crippen molar-refractivity contribution in [1.29, 1.82) is 0 Å². The number of benzene rings is 2. The van der Waals surface area contributed by atoms with Crippen LogP contribution in [0.2, 0.25) is 0 Å². The first-order valence-electron chi connectivity index (χ1n) is 10.8. The van der Waals surface area contributed by atoms with Crippen LogP contribution in [0.3, 0.4) is 0 Å². The van der Waals surface area contributed by atoms with Crippen LogP contribution in [0.4, 0.5) is 18.9 Å². The number of halogens is 3. The molecule has 0 bridgehead atoms. The zero-order valence-corrected chi connectivity index (χ0v) is 17.7. The van der Waals surface area contributed by atoms with Crippen molar-refractivity contribution in [3.05, 3.63) is 65.2 Å². The molecular formula is C24H25F3N2O3. The van der Waals surface area contributed by atoms with Crippen molar-refractivity contribution in [3.8, 4) is 0 Å². The minimum absolute atomic E-state index is 0.0165. The quantitative estimate of drug-likeness (QED) is 0.665. The number of hydrogen-bond acceptors (Lipinski definition) is 3. The number of rotatable bonds is 6. The van der Waals surface area contributed by atoms with Crippen LogP contribution in [-0.4, -0.2) is 35.5 Å². The van der Waals surface area contributed by atoms with E-state index >= 15 is 0 Å². The van der Waals surface area contributed by atoms with Crippen LogP contribution in [-0.2, 0) is 15.7 Å².